The molecule has 0 saturated heterocycles. The normalized spacial score (nSPS) is 11.4. The molecule has 1 aromatic carbocycles. The van der Waals surface area contributed by atoms with E-state index in [1.165, 1.54) is 24.5 Å². The van der Waals surface area contributed by atoms with Gasteiger partial charge >= 0.3 is 0 Å². The van der Waals surface area contributed by atoms with E-state index in [4.69, 9.17) is 32.5 Å². The number of aromatic nitrogens is 1. The van der Waals surface area contributed by atoms with Crippen LogP contribution in [0.1, 0.15) is 37.6 Å². The Balaban J connectivity index is 1.38. The zero-order chi connectivity index (χ0) is 25.8. The van der Waals surface area contributed by atoms with Crippen LogP contribution in [0.5, 0.6) is 11.6 Å². The van der Waals surface area contributed by atoms with E-state index in [9.17, 15) is 14.7 Å². The average molecular weight is 565 g/mol. The molecule has 0 bridgehead atoms. The molecule has 3 N–H and O–H groups in total. The quantitative estimate of drug-likeness (QED) is 0.190. The minimum Gasteiger partial charge on any atom is -0.506 e. The number of benzene rings is 1. The standard InChI is InChI=1S/C23H18Cl2N4O5S2/c1-11(14-10-35-21(20(14)30)12-3-4-15(24)16(25)7-12)27-28-23(32)18-6-5-17(36-18)22(31)26-9-13-8-19(33-2)29-34-13/h3-8,10,30H,9H2,1-2H3,(H,26,31)(H,28,32). The summed E-state index contributed by atoms with van der Waals surface area (Å²) < 4.78 is 9.95. The van der Waals surface area contributed by atoms with Gasteiger partial charge in [0.2, 0.25) is 0 Å². The minimum absolute atomic E-state index is 0.0216. The number of thiophene rings is 2. The Bertz CT molecular complexity index is 1460. The fourth-order valence-corrected chi connectivity index (χ4v) is 5.12. The van der Waals surface area contributed by atoms with Crippen molar-refractivity contribution in [3.05, 3.63) is 72.9 Å². The molecule has 4 rings (SSSR count). The molecular formula is C23H18Cl2N4O5S2. The van der Waals surface area contributed by atoms with Crippen molar-refractivity contribution >= 4 is 63.4 Å². The highest BCUT2D eigenvalue weighted by atomic mass is 35.5. The Labute approximate surface area is 223 Å². The van der Waals surface area contributed by atoms with E-state index < -0.39 is 5.91 Å². The van der Waals surface area contributed by atoms with Crippen LogP contribution in [0.3, 0.4) is 0 Å². The Morgan fingerprint density at radius 3 is 2.58 bits per heavy atom. The summed E-state index contributed by atoms with van der Waals surface area (Å²) in [5.74, 6) is -0.0941. The molecule has 186 valence electrons. The fourth-order valence-electron chi connectivity index (χ4n) is 3.01. The number of aromatic hydroxyl groups is 1. The van der Waals surface area contributed by atoms with Gasteiger partial charge in [-0.05, 0) is 41.9 Å². The van der Waals surface area contributed by atoms with Gasteiger partial charge in [0.25, 0.3) is 17.7 Å². The van der Waals surface area contributed by atoms with Gasteiger partial charge in [0, 0.05) is 11.4 Å². The van der Waals surface area contributed by atoms with Gasteiger partial charge in [0.15, 0.2) is 5.76 Å². The lowest BCUT2D eigenvalue weighted by atomic mass is 10.1. The van der Waals surface area contributed by atoms with Crippen LogP contribution in [0.4, 0.5) is 0 Å². The van der Waals surface area contributed by atoms with Crippen LogP contribution in [0, 0.1) is 0 Å². The zero-order valence-electron chi connectivity index (χ0n) is 18.8. The average Bonchev–Trinajstić information content (AvgIpc) is 3.62. The number of halogens is 2. The van der Waals surface area contributed by atoms with Gasteiger partial charge in [0.05, 0.1) is 49.6 Å². The van der Waals surface area contributed by atoms with Crippen LogP contribution < -0.4 is 15.5 Å². The lowest BCUT2D eigenvalue weighted by Crippen LogP contribution is -2.21. The molecule has 0 aliphatic heterocycles. The fraction of sp³-hybridized carbons (Fsp3) is 0.130. The van der Waals surface area contributed by atoms with Crippen molar-refractivity contribution in [3.63, 3.8) is 0 Å². The molecule has 0 atom stereocenters. The van der Waals surface area contributed by atoms with Gasteiger partial charge in [-0.25, -0.2) is 5.43 Å². The van der Waals surface area contributed by atoms with Gasteiger partial charge < -0.3 is 19.7 Å². The summed E-state index contributed by atoms with van der Waals surface area (Å²) >= 11 is 14.4. The maximum absolute atomic E-state index is 12.5. The van der Waals surface area contributed by atoms with Crippen molar-refractivity contribution in [3.8, 4) is 22.1 Å². The summed E-state index contributed by atoms with van der Waals surface area (Å²) in [4.78, 5) is 26.2. The third-order valence-electron chi connectivity index (χ3n) is 4.88. The molecule has 0 fully saturated rings. The van der Waals surface area contributed by atoms with E-state index in [2.05, 4.69) is 21.0 Å². The third kappa shape index (κ3) is 5.71. The van der Waals surface area contributed by atoms with Crippen LogP contribution in [-0.4, -0.2) is 34.9 Å². The van der Waals surface area contributed by atoms with Crippen LogP contribution in [0.15, 0.2) is 51.4 Å². The molecule has 4 aromatic rings. The van der Waals surface area contributed by atoms with Gasteiger partial charge in [-0.15, -0.1) is 22.7 Å². The number of methoxy groups -OCH3 is 1. The molecule has 0 aliphatic rings. The number of carbonyl (C=O) groups excluding carboxylic acids is 2. The highest BCUT2D eigenvalue weighted by Crippen LogP contribution is 2.40. The molecule has 36 heavy (non-hydrogen) atoms. The summed E-state index contributed by atoms with van der Waals surface area (Å²) in [6, 6.07) is 9.71. The molecule has 3 aromatic heterocycles. The van der Waals surface area contributed by atoms with Gasteiger partial charge in [-0.1, -0.05) is 29.3 Å². The summed E-state index contributed by atoms with van der Waals surface area (Å²) in [5, 5.41) is 23.7. The third-order valence-corrected chi connectivity index (χ3v) is 7.72. The summed E-state index contributed by atoms with van der Waals surface area (Å²) in [6.45, 7) is 1.78. The molecule has 3 heterocycles. The van der Waals surface area contributed by atoms with Gasteiger partial charge in [0.1, 0.15) is 5.75 Å². The predicted molar refractivity (Wildman–Crippen MR) is 140 cm³/mol. The molecule has 0 aliphatic carbocycles. The highest BCUT2D eigenvalue weighted by molar-refractivity contribution is 7.16. The smallest absolute Gasteiger partial charge is 0.281 e. The van der Waals surface area contributed by atoms with Crippen molar-refractivity contribution in [2.75, 3.05) is 7.11 Å². The number of ether oxygens (including phenoxy) is 1. The number of hydrogen-bond donors (Lipinski definition) is 3. The second-order valence-corrected chi connectivity index (χ2v) is 10.1. The lowest BCUT2D eigenvalue weighted by Gasteiger charge is -2.04. The predicted octanol–water partition coefficient (Wildman–Crippen LogP) is 5.57. The molecule has 0 radical (unpaired) electrons. The van der Waals surface area contributed by atoms with E-state index in [-0.39, 0.29) is 18.2 Å². The van der Waals surface area contributed by atoms with Crippen LogP contribution >= 0.6 is 45.9 Å². The van der Waals surface area contributed by atoms with Crippen molar-refractivity contribution in [2.24, 2.45) is 5.10 Å². The van der Waals surface area contributed by atoms with E-state index in [1.807, 2.05) is 0 Å². The Morgan fingerprint density at radius 2 is 1.89 bits per heavy atom. The first-order valence-electron chi connectivity index (χ1n) is 10.2. The zero-order valence-corrected chi connectivity index (χ0v) is 21.9. The van der Waals surface area contributed by atoms with E-state index in [0.29, 0.717) is 53.2 Å². The van der Waals surface area contributed by atoms with Gasteiger partial charge in [-0.2, -0.15) is 5.10 Å². The largest absolute Gasteiger partial charge is 0.506 e. The van der Waals surface area contributed by atoms with Crippen molar-refractivity contribution in [1.82, 2.24) is 15.9 Å². The number of carbonyl (C=O) groups is 2. The SMILES string of the molecule is COc1cc(CNC(=O)c2ccc(C(=O)NN=C(C)c3csc(-c4ccc(Cl)c(Cl)c4)c3O)s2)on1. The topological polar surface area (TPSA) is 126 Å². The lowest BCUT2D eigenvalue weighted by molar-refractivity contribution is 0.0947. The van der Waals surface area contributed by atoms with E-state index in [1.54, 1.807) is 42.6 Å². The second-order valence-electron chi connectivity index (χ2n) is 7.28. The summed E-state index contributed by atoms with van der Waals surface area (Å²) in [6.07, 6.45) is 0. The Hall–Kier alpha value is -3.38. The molecule has 13 heteroatoms. The number of rotatable bonds is 8. The van der Waals surface area contributed by atoms with E-state index >= 15 is 0 Å². The van der Waals surface area contributed by atoms with Gasteiger partial charge in [-0.3, -0.25) is 9.59 Å². The monoisotopic (exact) mass is 564 g/mol. The van der Waals surface area contributed by atoms with Crippen molar-refractivity contribution in [2.45, 2.75) is 13.5 Å². The maximum atomic E-state index is 12.5. The first-order chi connectivity index (χ1) is 17.3. The first-order valence-corrected chi connectivity index (χ1v) is 12.7. The minimum atomic E-state index is -0.488. The number of amides is 2. The molecule has 0 spiro atoms. The molecule has 2 amide bonds. The Kier molecular flexibility index (Phi) is 7.94. The van der Waals surface area contributed by atoms with Crippen LogP contribution in [0.25, 0.3) is 10.4 Å². The molecule has 9 nitrogen and oxygen atoms in total. The first kappa shape index (κ1) is 25.7. The number of hydrazone groups is 1. The number of nitrogens with one attached hydrogen (secondary N) is 2. The summed E-state index contributed by atoms with van der Waals surface area (Å²) in [5.41, 5.74) is 4.04. The molecule has 0 saturated carbocycles. The number of nitrogens with zero attached hydrogens (tertiary/aromatic N) is 2. The van der Waals surface area contributed by atoms with E-state index in [0.717, 1.165) is 11.3 Å². The highest BCUT2D eigenvalue weighted by Gasteiger charge is 2.17. The summed E-state index contributed by atoms with van der Waals surface area (Å²) in [7, 11) is 1.46. The van der Waals surface area contributed by atoms with Crippen molar-refractivity contribution in [1.29, 1.82) is 0 Å². The van der Waals surface area contributed by atoms with Crippen LogP contribution in [-0.2, 0) is 6.54 Å². The number of hydrogen-bond acceptors (Lipinski definition) is 9. The van der Waals surface area contributed by atoms with Crippen molar-refractivity contribution < 1.29 is 24.0 Å². The maximum Gasteiger partial charge on any atom is 0.281 e. The Morgan fingerprint density at radius 1 is 1.14 bits per heavy atom. The molecular weight excluding hydrogens is 547 g/mol. The molecule has 0 unspecified atom stereocenters. The van der Waals surface area contributed by atoms with Crippen LogP contribution in [0.2, 0.25) is 10.0 Å². The second kappa shape index (κ2) is 11.1.